The van der Waals surface area contributed by atoms with E-state index in [-0.39, 0.29) is 12.1 Å². The fraction of sp³-hybridized carbons (Fsp3) is 0.588. The molecule has 0 aliphatic heterocycles. The van der Waals surface area contributed by atoms with Gasteiger partial charge in [0.05, 0.1) is 0 Å². The van der Waals surface area contributed by atoms with Crippen molar-refractivity contribution in [3.8, 4) is 0 Å². The Morgan fingerprint density at radius 2 is 2.10 bits per heavy atom. The first kappa shape index (κ1) is 15.8. The van der Waals surface area contributed by atoms with Gasteiger partial charge in [-0.15, -0.1) is 0 Å². The summed E-state index contributed by atoms with van der Waals surface area (Å²) in [6.45, 7) is 6.78. The van der Waals surface area contributed by atoms with Gasteiger partial charge in [-0.2, -0.15) is 0 Å². The van der Waals surface area contributed by atoms with E-state index in [1.54, 1.807) is 0 Å². The molecular formula is C17H27N3O. The molecule has 0 saturated heterocycles. The summed E-state index contributed by atoms with van der Waals surface area (Å²) in [6, 6.07) is 8.63. The molecule has 2 rings (SSSR count). The van der Waals surface area contributed by atoms with Crippen LogP contribution in [0.25, 0.3) is 0 Å². The summed E-state index contributed by atoms with van der Waals surface area (Å²) < 4.78 is 0. The summed E-state index contributed by atoms with van der Waals surface area (Å²) in [4.78, 5) is 14.1. The van der Waals surface area contributed by atoms with Crippen molar-refractivity contribution in [1.82, 2.24) is 15.5 Å². The fourth-order valence-electron chi connectivity index (χ4n) is 2.42. The van der Waals surface area contributed by atoms with Gasteiger partial charge in [-0.25, -0.2) is 4.79 Å². The molecule has 4 heteroatoms. The average molecular weight is 289 g/mol. The average Bonchev–Trinajstić information content (AvgIpc) is 3.30. The highest BCUT2D eigenvalue weighted by Gasteiger charge is 2.28. The Morgan fingerprint density at radius 3 is 2.76 bits per heavy atom. The van der Waals surface area contributed by atoms with Crippen molar-refractivity contribution in [3.05, 3.63) is 35.4 Å². The summed E-state index contributed by atoms with van der Waals surface area (Å²) in [5.41, 5.74) is 2.43. The van der Waals surface area contributed by atoms with E-state index < -0.39 is 0 Å². The number of nitrogens with zero attached hydrogens (tertiary/aromatic N) is 1. The van der Waals surface area contributed by atoms with E-state index in [1.807, 2.05) is 0 Å². The number of hydrogen-bond donors (Lipinski definition) is 2. The molecule has 1 saturated carbocycles. The zero-order chi connectivity index (χ0) is 15.2. The third kappa shape index (κ3) is 5.38. The molecule has 1 aromatic rings. The van der Waals surface area contributed by atoms with Gasteiger partial charge in [0.25, 0.3) is 0 Å². The van der Waals surface area contributed by atoms with Crippen LogP contribution in [0.2, 0.25) is 0 Å². The molecule has 1 aliphatic rings. The van der Waals surface area contributed by atoms with Crippen LogP contribution in [0, 0.1) is 5.92 Å². The standard InChI is InChI=1S/C17H27N3O/c1-4-20(3)12-15-7-5-6-14(10-15)11-18-17(21)19-13(2)16-8-9-16/h5-7,10,13,16H,4,8-9,11-12H2,1-3H3,(H2,18,19,21). The quantitative estimate of drug-likeness (QED) is 0.810. The Balaban J connectivity index is 1.79. The molecule has 21 heavy (non-hydrogen) atoms. The number of carbonyl (C=O) groups excluding carboxylic acids is 1. The topological polar surface area (TPSA) is 44.4 Å². The van der Waals surface area contributed by atoms with Crippen LogP contribution in [0.3, 0.4) is 0 Å². The number of urea groups is 1. The first-order chi connectivity index (χ1) is 10.1. The number of carbonyl (C=O) groups is 1. The molecule has 0 bridgehead atoms. The van der Waals surface area contributed by atoms with Crippen LogP contribution in [-0.4, -0.2) is 30.6 Å². The summed E-state index contributed by atoms with van der Waals surface area (Å²) in [5, 5.41) is 5.95. The summed E-state index contributed by atoms with van der Waals surface area (Å²) >= 11 is 0. The molecule has 0 heterocycles. The minimum atomic E-state index is -0.0644. The molecule has 116 valence electrons. The highest BCUT2D eigenvalue weighted by Crippen LogP contribution is 2.32. The van der Waals surface area contributed by atoms with Gasteiger partial charge in [0, 0.05) is 19.1 Å². The monoisotopic (exact) mass is 289 g/mol. The highest BCUT2D eigenvalue weighted by atomic mass is 16.2. The van der Waals surface area contributed by atoms with Crippen LogP contribution in [0.5, 0.6) is 0 Å². The van der Waals surface area contributed by atoms with Crippen LogP contribution in [0.1, 0.15) is 37.8 Å². The summed E-state index contributed by atoms with van der Waals surface area (Å²) in [5.74, 6) is 0.684. The Morgan fingerprint density at radius 1 is 1.38 bits per heavy atom. The lowest BCUT2D eigenvalue weighted by molar-refractivity contribution is 0.236. The Hall–Kier alpha value is -1.55. The number of rotatable bonds is 7. The normalized spacial score (nSPS) is 15.8. The van der Waals surface area contributed by atoms with Crippen LogP contribution in [0.15, 0.2) is 24.3 Å². The zero-order valence-corrected chi connectivity index (χ0v) is 13.4. The van der Waals surface area contributed by atoms with E-state index in [0.29, 0.717) is 12.5 Å². The number of benzene rings is 1. The fourth-order valence-corrected chi connectivity index (χ4v) is 2.42. The smallest absolute Gasteiger partial charge is 0.315 e. The van der Waals surface area contributed by atoms with Gasteiger partial charge >= 0.3 is 6.03 Å². The molecule has 1 aromatic carbocycles. The van der Waals surface area contributed by atoms with Crippen molar-refractivity contribution in [3.63, 3.8) is 0 Å². The third-order valence-electron chi connectivity index (χ3n) is 4.12. The van der Waals surface area contributed by atoms with Gasteiger partial charge < -0.3 is 15.5 Å². The maximum Gasteiger partial charge on any atom is 0.315 e. The lowest BCUT2D eigenvalue weighted by Crippen LogP contribution is -2.41. The SMILES string of the molecule is CCN(C)Cc1cccc(CNC(=O)NC(C)C2CC2)c1. The first-order valence-electron chi connectivity index (χ1n) is 7.89. The first-order valence-corrected chi connectivity index (χ1v) is 7.89. The lowest BCUT2D eigenvalue weighted by atomic mass is 10.1. The van der Waals surface area contributed by atoms with Crippen LogP contribution in [-0.2, 0) is 13.1 Å². The van der Waals surface area contributed by atoms with E-state index in [1.165, 1.54) is 18.4 Å². The molecule has 0 aromatic heterocycles. The molecular weight excluding hydrogens is 262 g/mol. The number of amides is 2. The Bertz CT molecular complexity index is 471. The van der Waals surface area contributed by atoms with E-state index >= 15 is 0 Å². The van der Waals surface area contributed by atoms with Crippen LogP contribution >= 0.6 is 0 Å². The molecule has 2 N–H and O–H groups in total. The van der Waals surface area contributed by atoms with Crippen molar-refractivity contribution in [2.24, 2.45) is 5.92 Å². The van der Waals surface area contributed by atoms with Crippen molar-refractivity contribution in [1.29, 1.82) is 0 Å². The van der Waals surface area contributed by atoms with Gasteiger partial charge in [-0.05, 0) is 50.4 Å². The summed E-state index contributed by atoms with van der Waals surface area (Å²) in [6.07, 6.45) is 2.49. The third-order valence-corrected chi connectivity index (χ3v) is 4.12. The van der Waals surface area contributed by atoms with E-state index in [2.05, 4.69) is 60.7 Å². The van der Waals surface area contributed by atoms with Crippen LogP contribution < -0.4 is 10.6 Å². The second-order valence-electron chi connectivity index (χ2n) is 6.10. The van der Waals surface area contributed by atoms with Crippen molar-refractivity contribution in [2.45, 2.75) is 45.8 Å². The maximum atomic E-state index is 11.8. The molecule has 0 radical (unpaired) electrons. The lowest BCUT2D eigenvalue weighted by Gasteiger charge is -2.15. The minimum Gasteiger partial charge on any atom is -0.335 e. The predicted octanol–water partition coefficient (Wildman–Crippen LogP) is 2.74. The largest absolute Gasteiger partial charge is 0.335 e. The molecule has 4 nitrogen and oxygen atoms in total. The van der Waals surface area contributed by atoms with Crippen molar-refractivity contribution >= 4 is 6.03 Å². The predicted molar refractivity (Wildman–Crippen MR) is 86.0 cm³/mol. The Labute approximate surface area is 127 Å². The van der Waals surface area contributed by atoms with Gasteiger partial charge in [0.15, 0.2) is 0 Å². The van der Waals surface area contributed by atoms with Gasteiger partial charge in [0.2, 0.25) is 0 Å². The van der Waals surface area contributed by atoms with E-state index in [9.17, 15) is 4.79 Å². The van der Waals surface area contributed by atoms with Gasteiger partial charge in [0.1, 0.15) is 0 Å². The molecule has 1 fully saturated rings. The van der Waals surface area contributed by atoms with Gasteiger partial charge in [-0.1, -0.05) is 31.2 Å². The molecule has 2 amide bonds. The summed E-state index contributed by atoms with van der Waals surface area (Å²) in [7, 11) is 2.11. The van der Waals surface area contributed by atoms with Crippen molar-refractivity contribution in [2.75, 3.05) is 13.6 Å². The zero-order valence-electron chi connectivity index (χ0n) is 13.4. The molecule has 1 aliphatic carbocycles. The van der Waals surface area contributed by atoms with E-state index in [0.717, 1.165) is 18.7 Å². The highest BCUT2D eigenvalue weighted by molar-refractivity contribution is 5.74. The maximum absolute atomic E-state index is 11.8. The molecule has 1 unspecified atom stereocenters. The van der Waals surface area contributed by atoms with Gasteiger partial charge in [-0.3, -0.25) is 0 Å². The minimum absolute atomic E-state index is 0.0644. The second kappa shape index (κ2) is 7.46. The second-order valence-corrected chi connectivity index (χ2v) is 6.10. The molecule has 1 atom stereocenters. The van der Waals surface area contributed by atoms with Crippen LogP contribution in [0.4, 0.5) is 4.79 Å². The Kier molecular flexibility index (Phi) is 5.62. The number of nitrogens with one attached hydrogen (secondary N) is 2. The van der Waals surface area contributed by atoms with E-state index in [4.69, 9.17) is 0 Å². The molecule has 0 spiro atoms. The van der Waals surface area contributed by atoms with Crippen molar-refractivity contribution < 1.29 is 4.79 Å². The number of hydrogen-bond acceptors (Lipinski definition) is 2.